The van der Waals surface area contributed by atoms with Crippen molar-refractivity contribution in [2.45, 2.75) is 13.8 Å². The Kier molecular flexibility index (Phi) is 4.09. The van der Waals surface area contributed by atoms with Crippen LogP contribution < -0.4 is 11.1 Å². The molecule has 3 nitrogen and oxygen atoms in total. The van der Waals surface area contributed by atoms with E-state index in [0.717, 1.165) is 5.56 Å². The Labute approximate surface area is 125 Å². The number of hydrogen-bond donors (Lipinski definition) is 2. The van der Waals surface area contributed by atoms with Crippen molar-refractivity contribution in [1.82, 2.24) is 0 Å². The summed E-state index contributed by atoms with van der Waals surface area (Å²) in [5.74, 6) is -0.665. The molecular weight excluding hydrogens is 323 g/mol. The van der Waals surface area contributed by atoms with Crippen molar-refractivity contribution in [2.75, 3.05) is 11.1 Å². The average Bonchev–Trinajstić information content (AvgIpc) is 2.36. The number of carbonyl (C=O) groups excluding carboxylic acids is 1. The van der Waals surface area contributed by atoms with Gasteiger partial charge in [-0.1, -0.05) is 0 Å². The molecule has 2 aromatic carbocycles. The first-order valence-electron chi connectivity index (χ1n) is 6.01. The molecule has 0 aliphatic heterocycles. The third-order valence-electron chi connectivity index (χ3n) is 2.92. The fraction of sp³-hybridized carbons (Fsp3) is 0.133. The first-order valence-corrected chi connectivity index (χ1v) is 6.81. The summed E-state index contributed by atoms with van der Waals surface area (Å²) in [5.41, 5.74) is 8.69. The van der Waals surface area contributed by atoms with E-state index in [-0.39, 0.29) is 11.7 Å². The van der Waals surface area contributed by atoms with Gasteiger partial charge in [-0.25, -0.2) is 4.39 Å². The molecule has 0 bridgehead atoms. The predicted octanol–water partition coefficient (Wildman–Crippen LogP) is 4.04. The molecule has 0 unspecified atom stereocenters. The molecule has 0 aromatic heterocycles. The first-order chi connectivity index (χ1) is 9.38. The van der Waals surface area contributed by atoms with E-state index >= 15 is 0 Å². The minimum absolute atomic E-state index is 0.329. The Morgan fingerprint density at radius 2 is 1.95 bits per heavy atom. The number of rotatable bonds is 2. The monoisotopic (exact) mass is 336 g/mol. The van der Waals surface area contributed by atoms with Crippen LogP contribution in [0, 0.1) is 19.7 Å². The predicted molar refractivity (Wildman–Crippen MR) is 82.4 cm³/mol. The number of amides is 1. The highest BCUT2D eigenvalue weighted by molar-refractivity contribution is 9.10. The SMILES string of the molecule is Cc1cc(N)c(NC(=O)c2ccc(F)c(C)c2)c(Br)c1. The molecule has 3 N–H and O–H groups in total. The summed E-state index contributed by atoms with van der Waals surface area (Å²) >= 11 is 3.37. The maximum atomic E-state index is 13.2. The van der Waals surface area contributed by atoms with Crippen LogP contribution in [0.5, 0.6) is 0 Å². The number of halogens is 2. The van der Waals surface area contributed by atoms with Crippen molar-refractivity contribution in [3.63, 3.8) is 0 Å². The van der Waals surface area contributed by atoms with Crippen molar-refractivity contribution in [3.05, 3.63) is 57.3 Å². The van der Waals surface area contributed by atoms with Gasteiger partial charge in [0.05, 0.1) is 11.4 Å². The van der Waals surface area contributed by atoms with E-state index in [0.29, 0.717) is 27.0 Å². The van der Waals surface area contributed by atoms with Gasteiger partial charge in [0.15, 0.2) is 0 Å². The van der Waals surface area contributed by atoms with Crippen molar-refractivity contribution < 1.29 is 9.18 Å². The summed E-state index contributed by atoms with van der Waals surface area (Å²) in [4.78, 5) is 12.2. The zero-order chi connectivity index (χ0) is 14.9. The molecule has 0 spiro atoms. The van der Waals surface area contributed by atoms with Crippen LogP contribution in [-0.2, 0) is 0 Å². The van der Waals surface area contributed by atoms with Crippen molar-refractivity contribution in [3.8, 4) is 0 Å². The highest BCUT2D eigenvalue weighted by atomic mass is 79.9. The third kappa shape index (κ3) is 2.99. The molecule has 0 saturated carbocycles. The van der Waals surface area contributed by atoms with Crippen LogP contribution >= 0.6 is 15.9 Å². The second-order valence-corrected chi connectivity index (χ2v) is 5.48. The fourth-order valence-electron chi connectivity index (χ4n) is 1.87. The minimum atomic E-state index is -0.336. The van der Waals surface area contributed by atoms with E-state index in [1.165, 1.54) is 18.2 Å². The van der Waals surface area contributed by atoms with Gasteiger partial charge in [0.1, 0.15) is 5.82 Å². The standard InChI is InChI=1S/C15H14BrFN2O/c1-8-5-11(16)14(13(18)6-8)19-15(20)10-3-4-12(17)9(2)7-10/h3-7H,18H2,1-2H3,(H,19,20). The molecule has 2 rings (SSSR count). The maximum Gasteiger partial charge on any atom is 0.255 e. The number of nitrogen functional groups attached to an aromatic ring is 1. The first kappa shape index (κ1) is 14.5. The summed E-state index contributed by atoms with van der Waals surface area (Å²) in [6, 6.07) is 7.86. The lowest BCUT2D eigenvalue weighted by Gasteiger charge is -2.12. The topological polar surface area (TPSA) is 55.1 Å². The van der Waals surface area contributed by atoms with Crippen LogP contribution in [0.2, 0.25) is 0 Å². The molecule has 0 saturated heterocycles. The van der Waals surface area contributed by atoms with Gasteiger partial charge in [0, 0.05) is 10.0 Å². The van der Waals surface area contributed by atoms with Gasteiger partial charge < -0.3 is 11.1 Å². The van der Waals surface area contributed by atoms with Gasteiger partial charge in [-0.05, 0) is 71.2 Å². The smallest absolute Gasteiger partial charge is 0.255 e. The van der Waals surface area contributed by atoms with Crippen LogP contribution in [-0.4, -0.2) is 5.91 Å². The van der Waals surface area contributed by atoms with E-state index < -0.39 is 0 Å². The summed E-state index contributed by atoms with van der Waals surface area (Å²) in [6.45, 7) is 3.53. The number of hydrogen-bond acceptors (Lipinski definition) is 2. The van der Waals surface area contributed by atoms with Crippen molar-refractivity contribution >= 4 is 33.2 Å². The third-order valence-corrected chi connectivity index (χ3v) is 3.55. The van der Waals surface area contributed by atoms with Crippen LogP contribution in [0.4, 0.5) is 15.8 Å². The molecule has 2 aromatic rings. The Bertz CT molecular complexity index is 663. The summed E-state index contributed by atoms with van der Waals surface area (Å²) in [5, 5.41) is 2.74. The van der Waals surface area contributed by atoms with Gasteiger partial charge in [-0.3, -0.25) is 4.79 Å². The highest BCUT2D eigenvalue weighted by Crippen LogP contribution is 2.30. The van der Waals surface area contributed by atoms with E-state index in [4.69, 9.17) is 5.73 Å². The zero-order valence-electron chi connectivity index (χ0n) is 11.1. The summed E-state index contributed by atoms with van der Waals surface area (Å²) in [7, 11) is 0. The normalized spacial score (nSPS) is 10.4. The molecule has 0 heterocycles. The van der Waals surface area contributed by atoms with E-state index in [2.05, 4.69) is 21.2 Å². The number of aryl methyl sites for hydroxylation is 2. The van der Waals surface area contributed by atoms with Crippen LogP contribution in [0.3, 0.4) is 0 Å². The Morgan fingerprint density at radius 1 is 1.25 bits per heavy atom. The molecule has 104 valence electrons. The average molecular weight is 337 g/mol. The van der Waals surface area contributed by atoms with Crippen LogP contribution in [0.25, 0.3) is 0 Å². The highest BCUT2D eigenvalue weighted by Gasteiger charge is 2.12. The summed E-state index contributed by atoms with van der Waals surface area (Å²) in [6.07, 6.45) is 0. The Hall–Kier alpha value is -1.88. The van der Waals surface area contributed by atoms with Gasteiger partial charge in [-0.2, -0.15) is 0 Å². The van der Waals surface area contributed by atoms with Crippen molar-refractivity contribution in [1.29, 1.82) is 0 Å². The Morgan fingerprint density at radius 3 is 2.55 bits per heavy atom. The number of nitrogens with one attached hydrogen (secondary N) is 1. The quantitative estimate of drug-likeness (QED) is 0.813. The van der Waals surface area contributed by atoms with Crippen LogP contribution in [0.15, 0.2) is 34.8 Å². The van der Waals surface area contributed by atoms with Crippen LogP contribution in [0.1, 0.15) is 21.5 Å². The van der Waals surface area contributed by atoms with E-state index in [1.54, 1.807) is 13.0 Å². The molecule has 0 radical (unpaired) electrons. The molecular formula is C15H14BrFN2O. The maximum absolute atomic E-state index is 13.2. The molecule has 0 fully saturated rings. The largest absolute Gasteiger partial charge is 0.397 e. The molecule has 1 amide bonds. The lowest BCUT2D eigenvalue weighted by atomic mass is 10.1. The van der Waals surface area contributed by atoms with Gasteiger partial charge in [-0.15, -0.1) is 0 Å². The zero-order valence-corrected chi connectivity index (χ0v) is 12.7. The van der Waals surface area contributed by atoms with E-state index in [9.17, 15) is 9.18 Å². The second kappa shape index (κ2) is 5.63. The van der Waals surface area contributed by atoms with E-state index in [1.807, 2.05) is 13.0 Å². The summed E-state index contributed by atoms with van der Waals surface area (Å²) < 4.78 is 13.9. The van der Waals surface area contributed by atoms with Gasteiger partial charge in [0.2, 0.25) is 0 Å². The lowest BCUT2D eigenvalue weighted by molar-refractivity contribution is 0.102. The molecule has 0 aliphatic rings. The minimum Gasteiger partial charge on any atom is -0.397 e. The Balaban J connectivity index is 2.30. The van der Waals surface area contributed by atoms with Gasteiger partial charge in [0.25, 0.3) is 5.91 Å². The second-order valence-electron chi connectivity index (χ2n) is 4.63. The number of nitrogens with two attached hydrogens (primary N) is 1. The molecule has 0 atom stereocenters. The molecule has 20 heavy (non-hydrogen) atoms. The molecule has 0 aliphatic carbocycles. The lowest BCUT2D eigenvalue weighted by Crippen LogP contribution is -2.14. The molecule has 5 heteroatoms. The number of benzene rings is 2. The fourth-order valence-corrected chi connectivity index (χ4v) is 2.56. The number of carbonyl (C=O) groups is 1. The number of anilines is 2. The van der Waals surface area contributed by atoms with Crippen molar-refractivity contribution in [2.24, 2.45) is 0 Å². The van der Waals surface area contributed by atoms with Gasteiger partial charge >= 0.3 is 0 Å².